The molecule has 1 aliphatic heterocycles. The lowest BCUT2D eigenvalue weighted by Crippen LogP contribution is -2.54. The van der Waals surface area contributed by atoms with Gasteiger partial charge in [0.1, 0.15) is 5.78 Å². The van der Waals surface area contributed by atoms with Crippen LogP contribution < -0.4 is 0 Å². The van der Waals surface area contributed by atoms with Crippen molar-refractivity contribution in [2.24, 2.45) is 5.41 Å². The van der Waals surface area contributed by atoms with Crippen molar-refractivity contribution in [3.05, 3.63) is 0 Å². The van der Waals surface area contributed by atoms with Crippen LogP contribution in [0.2, 0.25) is 0 Å². The number of hydrogen-bond donors (Lipinski definition) is 0. The molecule has 1 rings (SSSR count). The minimum atomic E-state index is 0.335. The quantitative estimate of drug-likeness (QED) is 0.694. The van der Waals surface area contributed by atoms with Gasteiger partial charge in [0.05, 0.1) is 0 Å². The Bertz CT molecular complexity index is 171. The molecule has 0 aromatic rings. The highest BCUT2D eigenvalue weighted by molar-refractivity contribution is 5.78. The van der Waals surface area contributed by atoms with E-state index in [9.17, 15) is 4.79 Å². The Morgan fingerprint density at radius 3 is 2.07 bits per heavy atom. The normalized spacial score (nSPS) is 19.2. The zero-order chi connectivity index (χ0) is 11.2. The van der Waals surface area contributed by atoms with E-state index in [1.54, 1.807) is 0 Å². The van der Waals surface area contributed by atoms with E-state index < -0.39 is 0 Å². The number of ketones is 1. The summed E-state index contributed by atoms with van der Waals surface area (Å²) < 4.78 is 0. The van der Waals surface area contributed by atoms with Crippen LogP contribution in [0.15, 0.2) is 0 Å². The predicted octanol–water partition coefficient (Wildman–Crippen LogP) is 2.72. The van der Waals surface area contributed by atoms with E-state index in [0.717, 1.165) is 25.9 Å². The number of likely N-dealkylation sites (tertiary alicyclic amines) is 1. The third kappa shape index (κ3) is 3.41. The molecule has 0 N–H and O–H groups in total. The fourth-order valence-corrected chi connectivity index (χ4v) is 2.10. The molecular weight excluding hydrogens is 174 g/mol. The molecule has 0 aromatic carbocycles. The van der Waals surface area contributed by atoms with E-state index in [0.29, 0.717) is 17.6 Å². The molecule has 0 amide bonds. The molecule has 0 aromatic heterocycles. The fourth-order valence-electron chi connectivity index (χ4n) is 2.10. The summed E-state index contributed by atoms with van der Waals surface area (Å²) in [4.78, 5) is 13.6. The lowest BCUT2D eigenvalue weighted by Gasteiger charge is -2.48. The number of carbonyl (C=O) groups excluding carboxylic acids is 1. The second-order valence-electron chi connectivity index (χ2n) is 4.09. The summed E-state index contributed by atoms with van der Waals surface area (Å²) in [6.07, 6.45) is 2.64. The maximum atomic E-state index is 11.3. The van der Waals surface area contributed by atoms with Gasteiger partial charge in [0.25, 0.3) is 0 Å². The number of nitrogens with zero attached hydrogens (tertiary/aromatic N) is 1. The molecule has 0 aliphatic carbocycles. The third-order valence-electron chi connectivity index (χ3n) is 2.93. The molecule has 0 unspecified atom stereocenters. The first-order valence-electron chi connectivity index (χ1n) is 5.82. The maximum Gasteiger partial charge on any atom is 0.133 e. The summed E-state index contributed by atoms with van der Waals surface area (Å²) in [5.41, 5.74) is 0.335. The summed E-state index contributed by atoms with van der Waals surface area (Å²) in [6, 6.07) is 0. The molecule has 0 radical (unpaired) electrons. The minimum absolute atomic E-state index is 0.335. The van der Waals surface area contributed by atoms with Crippen molar-refractivity contribution < 1.29 is 4.79 Å². The van der Waals surface area contributed by atoms with Gasteiger partial charge in [0.2, 0.25) is 0 Å². The summed E-state index contributed by atoms with van der Waals surface area (Å²) in [7, 11) is 2.12. The first-order valence-corrected chi connectivity index (χ1v) is 5.82. The Labute approximate surface area is 88.7 Å². The first kappa shape index (κ1) is 13.6. The second-order valence-corrected chi connectivity index (χ2v) is 4.09. The smallest absolute Gasteiger partial charge is 0.133 e. The number of Topliss-reactive ketones (excluding diaryl/α,β-unsaturated/α-hetero) is 1. The molecule has 2 nitrogen and oxygen atoms in total. The van der Waals surface area contributed by atoms with Crippen LogP contribution in [0.4, 0.5) is 0 Å². The Morgan fingerprint density at radius 2 is 1.79 bits per heavy atom. The van der Waals surface area contributed by atoms with Gasteiger partial charge in [-0.15, -0.1) is 0 Å². The van der Waals surface area contributed by atoms with E-state index in [1.807, 2.05) is 20.8 Å². The van der Waals surface area contributed by atoms with E-state index in [-0.39, 0.29) is 0 Å². The Kier molecular flexibility index (Phi) is 6.01. The minimum Gasteiger partial charge on any atom is -0.305 e. The SMILES string of the molecule is CC.CCC(=O)CC1(CC)CN(C)C1. The van der Waals surface area contributed by atoms with Crippen LogP contribution >= 0.6 is 0 Å². The van der Waals surface area contributed by atoms with E-state index in [4.69, 9.17) is 0 Å². The largest absolute Gasteiger partial charge is 0.305 e. The highest BCUT2D eigenvalue weighted by Crippen LogP contribution is 2.36. The molecule has 1 saturated heterocycles. The molecule has 0 saturated carbocycles. The highest BCUT2D eigenvalue weighted by atomic mass is 16.1. The predicted molar refractivity (Wildman–Crippen MR) is 61.5 cm³/mol. The molecule has 84 valence electrons. The van der Waals surface area contributed by atoms with Gasteiger partial charge in [-0.1, -0.05) is 27.7 Å². The van der Waals surface area contributed by atoms with Crippen molar-refractivity contribution in [2.45, 2.75) is 47.0 Å². The van der Waals surface area contributed by atoms with Crippen LogP contribution in [-0.2, 0) is 4.79 Å². The molecule has 0 atom stereocenters. The van der Waals surface area contributed by atoms with Crippen molar-refractivity contribution in [2.75, 3.05) is 20.1 Å². The molecule has 0 bridgehead atoms. The van der Waals surface area contributed by atoms with Crippen LogP contribution in [0.1, 0.15) is 47.0 Å². The zero-order valence-corrected chi connectivity index (χ0v) is 10.4. The lowest BCUT2D eigenvalue weighted by atomic mass is 9.73. The molecule has 1 aliphatic rings. The maximum absolute atomic E-state index is 11.3. The van der Waals surface area contributed by atoms with Crippen LogP contribution in [-0.4, -0.2) is 30.8 Å². The molecule has 14 heavy (non-hydrogen) atoms. The van der Waals surface area contributed by atoms with E-state index >= 15 is 0 Å². The van der Waals surface area contributed by atoms with Gasteiger partial charge in [0.15, 0.2) is 0 Å². The molecule has 1 fully saturated rings. The molecule has 0 spiro atoms. The molecule has 1 heterocycles. The van der Waals surface area contributed by atoms with Gasteiger partial charge in [0, 0.05) is 31.3 Å². The average Bonchev–Trinajstić information content (AvgIpc) is 2.17. The zero-order valence-electron chi connectivity index (χ0n) is 10.4. The standard InChI is InChI=1S/C10H19NO.C2H6/c1-4-9(12)6-10(5-2)7-11(3)8-10;1-2/h4-8H2,1-3H3;1-2H3. The molecular formula is C12H25NO. The fraction of sp³-hybridized carbons (Fsp3) is 0.917. The summed E-state index contributed by atoms with van der Waals surface area (Å²) in [5.74, 6) is 0.421. The van der Waals surface area contributed by atoms with E-state index in [1.165, 1.54) is 0 Å². The van der Waals surface area contributed by atoms with Crippen LogP contribution in [0.25, 0.3) is 0 Å². The Hall–Kier alpha value is -0.370. The van der Waals surface area contributed by atoms with Gasteiger partial charge < -0.3 is 4.90 Å². The molecule has 2 heteroatoms. The van der Waals surface area contributed by atoms with Crippen molar-refractivity contribution in [1.82, 2.24) is 4.90 Å². The lowest BCUT2D eigenvalue weighted by molar-refractivity contribution is -0.124. The van der Waals surface area contributed by atoms with E-state index in [2.05, 4.69) is 18.9 Å². The van der Waals surface area contributed by atoms with Crippen molar-refractivity contribution in [1.29, 1.82) is 0 Å². The summed E-state index contributed by atoms with van der Waals surface area (Å²) in [5, 5.41) is 0. The summed E-state index contributed by atoms with van der Waals surface area (Å²) >= 11 is 0. The van der Waals surface area contributed by atoms with Crippen molar-refractivity contribution in [3.8, 4) is 0 Å². The first-order chi connectivity index (χ1) is 6.62. The van der Waals surface area contributed by atoms with Crippen LogP contribution in [0, 0.1) is 5.41 Å². The van der Waals surface area contributed by atoms with Gasteiger partial charge in [-0.05, 0) is 13.5 Å². The Balaban J connectivity index is 0.000000791. The monoisotopic (exact) mass is 199 g/mol. The average molecular weight is 199 g/mol. The Morgan fingerprint density at radius 1 is 1.29 bits per heavy atom. The van der Waals surface area contributed by atoms with Gasteiger partial charge in [-0.25, -0.2) is 0 Å². The number of rotatable bonds is 4. The summed E-state index contributed by atoms with van der Waals surface area (Å²) in [6.45, 7) is 10.4. The van der Waals surface area contributed by atoms with Gasteiger partial charge >= 0.3 is 0 Å². The number of carbonyl (C=O) groups is 1. The van der Waals surface area contributed by atoms with Crippen molar-refractivity contribution in [3.63, 3.8) is 0 Å². The number of hydrogen-bond acceptors (Lipinski definition) is 2. The van der Waals surface area contributed by atoms with Gasteiger partial charge in [-0.3, -0.25) is 4.79 Å². The highest BCUT2D eigenvalue weighted by Gasteiger charge is 2.40. The van der Waals surface area contributed by atoms with Crippen LogP contribution in [0.3, 0.4) is 0 Å². The topological polar surface area (TPSA) is 20.3 Å². The van der Waals surface area contributed by atoms with Crippen LogP contribution in [0.5, 0.6) is 0 Å². The third-order valence-corrected chi connectivity index (χ3v) is 2.93. The second kappa shape index (κ2) is 6.18. The van der Waals surface area contributed by atoms with Gasteiger partial charge in [-0.2, -0.15) is 0 Å². The van der Waals surface area contributed by atoms with Crippen molar-refractivity contribution >= 4 is 5.78 Å².